The Labute approximate surface area is 234 Å². The molecule has 0 radical (unpaired) electrons. The molecule has 0 unspecified atom stereocenters. The third-order valence-corrected chi connectivity index (χ3v) is 9.87. The molecule has 3 aromatic rings. The van der Waals surface area contributed by atoms with Crippen LogP contribution >= 0.6 is 10.6 Å². The molecular weight excluding hydrogens is 534 g/mol. The number of hydrogen-bond acceptors (Lipinski definition) is 9. The smallest absolute Gasteiger partial charge is 0.272 e. The summed E-state index contributed by atoms with van der Waals surface area (Å²) in [5.41, 5.74) is 1.64. The van der Waals surface area contributed by atoms with Crippen LogP contribution in [0.15, 0.2) is 42.5 Å². The Morgan fingerprint density at radius 2 is 1.73 bits per heavy atom. The van der Waals surface area contributed by atoms with Crippen LogP contribution in [0.25, 0.3) is 10.9 Å². The van der Waals surface area contributed by atoms with Crippen LogP contribution in [-0.4, -0.2) is 88.2 Å². The van der Waals surface area contributed by atoms with Crippen molar-refractivity contribution in [2.75, 3.05) is 56.8 Å². The van der Waals surface area contributed by atoms with Gasteiger partial charge in [0.05, 0.1) is 37.7 Å². The maximum absolute atomic E-state index is 13.5. The van der Waals surface area contributed by atoms with Crippen molar-refractivity contribution in [2.24, 2.45) is 0 Å². The quantitative estimate of drug-likeness (QED) is 0.470. The van der Waals surface area contributed by atoms with Crippen molar-refractivity contribution in [3.8, 4) is 17.2 Å². The lowest BCUT2D eigenvalue weighted by Gasteiger charge is -2.44. The minimum atomic E-state index is -2.49. The first-order chi connectivity index (χ1) is 19.2. The molecule has 212 valence electrons. The Hall–Kier alpha value is -3.54. The summed E-state index contributed by atoms with van der Waals surface area (Å²) in [6.07, 6.45) is 1.32. The van der Waals surface area contributed by atoms with E-state index in [9.17, 15) is 18.7 Å². The van der Waals surface area contributed by atoms with Gasteiger partial charge in [0.15, 0.2) is 5.78 Å². The molecule has 11 heteroatoms. The Kier molecular flexibility index (Phi) is 6.76. The molecule has 6 rings (SSSR count). The van der Waals surface area contributed by atoms with Crippen LogP contribution in [0, 0.1) is 0 Å². The number of anilines is 1. The van der Waals surface area contributed by atoms with E-state index in [1.807, 2.05) is 30.3 Å². The van der Waals surface area contributed by atoms with E-state index < -0.39 is 16.2 Å². The van der Waals surface area contributed by atoms with Crippen molar-refractivity contribution in [2.45, 2.75) is 24.9 Å². The van der Waals surface area contributed by atoms with Gasteiger partial charge in [0.2, 0.25) is 0 Å². The number of benzene rings is 2. The van der Waals surface area contributed by atoms with E-state index in [-0.39, 0.29) is 23.8 Å². The zero-order chi connectivity index (χ0) is 28.1. The molecule has 0 saturated carbocycles. The highest BCUT2D eigenvalue weighted by Crippen LogP contribution is 2.44. The first kappa shape index (κ1) is 26.7. The lowest BCUT2D eigenvalue weighted by atomic mass is 9.82. The number of likely N-dealkylation sites (tertiary alicyclic amines) is 1. The molecule has 3 aliphatic rings. The average Bonchev–Trinajstić information content (AvgIpc) is 2.96. The molecule has 0 atom stereocenters. The number of ether oxygens (including phenoxy) is 3. The summed E-state index contributed by atoms with van der Waals surface area (Å²) in [7, 11) is 0.636. The Morgan fingerprint density at radius 3 is 2.42 bits per heavy atom. The summed E-state index contributed by atoms with van der Waals surface area (Å²) in [5, 5.41) is 0.767. The third-order valence-electron chi connectivity index (χ3n) is 8.20. The summed E-state index contributed by atoms with van der Waals surface area (Å²) >= 11 is 0. The lowest BCUT2D eigenvalue weighted by molar-refractivity contribution is -0.00584. The van der Waals surface area contributed by atoms with E-state index in [1.54, 1.807) is 31.3 Å². The van der Waals surface area contributed by atoms with Gasteiger partial charge in [0.25, 0.3) is 5.91 Å². The molecule has 10 nitrogen and oxygen atoms in total. The number of carbonyl (C=O) groups excluding carboxylic acids is 2. The number of methoxy groups -OCH3 is 2. The van der Waals surface area contributed by atoms with Gasteiger partial charge in [0, 0.05) is 56.2 Å². The van der Waals surface area contributed by atoms with Crippen LogP contribution in [0.5, 0.6) is 17.2 Å². The molecule has 40 heavy (non-hydrogen) atoms. The highest BCUT2D eigenvalue weighted by Gasteiger charge is 2.44. The topological polar surface area (TPSA) is 122 Å². The Bertz CT molecular complexity index is 1480. The molecule has 0 aliphatic carbocycles. The van der Waals surface area contributed by atoms with Crippen LogP contribution < -0.4 is 19.1 Å². The molecule has 3 aliphatic heterocycles. The van der Waals surface area contributed by atoms with Gasteiger partial charge in [-0.05, 0) is 30.3 Å². The number of rotatable bonds is 4. The molecular formula is C29H33N3O7S. The highest BCUT2D eigenvalue weighted by molar-refractivity contribution is 8.24. The monoisotopic (exact) mass is 567 g/mol. The maximum Gasteiger partial charge on any atom is 0.272 e. The summed E-state index contributed by atoms with van der Waals surface area (Å²) in [5.74, 6) is 2.17. The number of piperidine rings is 1. The number of hydrogen-bond donors (Lipinski definition) is 2. The van der Waals surface area contributed by atoms with Crippen molar-refractivity contribution >= 4 is 38.9 Å². The fraction of sp³-hybridized carbons (Fsp3) is 0.414. The van der Waals surface area contributed by atoms with Gasteiger partial charge in [-0.25, -0.2) is 4.98 Å². The normalized spacial score (nSPS) is 20.6. The number of fused-ring (bicyclic) bond motifs is 2. The van der Waals surface area contributed by atoms with Gasteiger partial charge in [-0.3, -0.25) is 18.7 Å². The minimum Gasteiger partial charge on any atom is -0.496 e. The molecule has 1 spiro atoms. The molecule has 2 fully saturated rings. The molecule has 2 saturated heterocycles. The van der Waals surface area contributed by atoms with E-state index in [0.717, 1.165) is 11.1 Å². The van der Waals surface area contributed by atoms with Crippen LogP contribution in [0.3, 0.4) is 0 Å². The van der Waals surface area contributed by atoms with Gasteiger partial charge in [0.1, 0.15) is 34.1 Å². The lowest BCUT2D eigenvalue weighted by Crippen LogP contribution is -2.52. The maximum atomic E-state index is 13.5. The van der Waals surface area contributed by atoms with E-state index in [2.05, 4.69) is 9.88 Å². The highest BCUT2D eigenvalue weighted by atomic mass is 32.3. The van der Waals surface area contributed by atoms with Crippen molar-refractivity contribution in [1.29, 1.82) is 0 Å². The molecule has 0 bridgehead atoms. The van der Waals surface area contributed by atoms with Crippen molar-refractivity contribution in [3.05, 3.63) is 53.7 Å². The largest absolute Gasteiger partial charge is 0.496 e. The molecule has 1 aromatic heterocycles. The molecule has 1 amide bonds. The number of aromatic nitrogens is 1. The van der Waals surface area contributed by atoms with Crippen LogP contribution in [0.4, 0.5) is 5.69 Å². The van der Waals surface area contributed by atoms with E-state index in [1.165, 1.54) is 0 Å². The Balaban J connectivity index is 1.17. The molecule has 4 heterocycles. The van der Waals surface area contributed by atoms with Crippen molar-refractivity contribution in [1.82, 2.24) is 9.88 Å². The summed E-state index contributed by atoms with van der Waals surface area (Å²) < 4.78 is 37.3. The average molecular weight is 568 g/mol. The predicted molar refractivity (Wildman–Crippen MR) is 154 cm³/mol. The predicted octanol–water partition coefficient (Wildman–Crippen LogP) is 4.46. The van der Waals surface area contributed by atoms with E-state index in [4.69, 9.17) is 14.2 Å². The number of Topliss-reactive ketones (excluding diaryl/α,β-unsaturated/α-hetero) is 1. The van der Waals surface area contributed by atoms with E-state index >= 15 is 0 Å². The van der Waals surface area contributed by atoms with Crippen LogP contribution in [0.2, 0.25) is 0 Å². The van der Waals surface area contributed by atoms with Gasteiger partial charge in [-0.2, -0.15) is 10.6 Å². The van der Waals surface area contributed by atoms with Crippen molar-refractivity contribution < 1.29 is 32.9 Å². The summed E-state index contributed by atoms with van der Waals surface area (Å²) in [6, 6.07) is 12.8. The van der Waals surface area contributed by atoms with E-state index in [0.29, 0.717) is 78.9 Å². The second-order valence-electron chi connectivity index (χ2n) is 10.6. The summed E-state index contributed by atoms with van der Waals surface area (Å²) in [4.78, 5) is 35.2. The first-order valence-electron chi connectivity index (χ1n) is 13.4. The number of para-hydroxylation sites is 1. The Morgan fingerprint density at radius 1 is 1.00 bits per heavy atom. The number of ketones is 1. The van der Waals surface area contributed by atoms with Crippen molar-refractivity contribution in [3.63, 3.8) is 0 Å². The van der Waals surface area contributed by atoms with Gasteiger partial charge in [-0.15, -0.1) is 0 Å². The number of pyridine rings is 1. The third kappa shape index (κ3) is 4.82. The second-order valence-corrected chi connectivity index (χ2v) is 13.0. The zero-order valence-electron chi connectivity index (χ0n) is 22.6. The second kappa shape index (κ2) is 10.1. The minimum absolute atomic E-state index is 0.0252. The number of carbonyl (C=O) groups is 2. The fourth-order valence-electron chi connectivity index (χ4n) is 5.86. The fourth-order valence-corrected chi connectivity index (χ4v) is 7.09. The van der Waals surface area contributed by atoms with Crippen LogP contribution in [-0.2, 0) is 0 Å². The number of nitrogens with zero attached hydrogens (tertiary/aromatic N) is 3. The van der Waals surface area contributed by atoms with Gasteiger partial charge >= 0.3 is 0 Å². The van der Waals surface area contributed by atoms with Gasteiger partial charge in [-0.1, -0.05) is 6.07 Å². The van der Waals surface area contributed by atoms with Crippen LogP contribution in [0.1, 0.15) is 40.1 Å². The molecule has 2 N–H and O–H groups in total. The van der Waals surface area contributed by atoms with Gasteiger partial charge < -0.3 is 24.0 Å². The number of amides is 1. The molecule has 2 aromatic carbocycles. The SMILES string of the molecule is COc1cc(C(=O)N2CCC3(CC2)CC(=O)c2cc(N4CCS(O)(O)CC4)ccc2O3)nc2c(OC)cccc12. The standard InChI is InChI=1S/C29H33N3O7S/c1-37-25-5-3-4-20-26(38-2)17-22(30-27(20)25)28(34)32-10-8-29(9-11-32)18-23(33)21-16-19(6-7-24(21)39-29)31-12-14-40(35,36)15-13-31/h3-7,16-17,35-36H,8-15,18H2,1-2H3. The summed E-state index contributed by atoms with van der Waals surface area (Å²) in [6.45, 7) is 1.95. The zero-order valence-corrected chi connectivity index (χ0v) is 23.4. The first-order valence-corrected chi connectivity index (χ1v) is 15.3.